The SMILES string of the molecule is C[C@@H](C(=O)Nc1cccc(Cl)c1)[NH+](C)Cc1ccc(Cl)s1. The molecule has 112 valence electrons. The first-order valence-electron chi connectivity index (χ1n) is 6.58. The fraction of sp³-hybridized carbons (Fsp3) is 0.267. The number of halogens is 2. The summed E-state index contributed by atoms with van der Waals surface area (Å²) in [5.74, 6) is -0.0302. The van der Waals surface area contributed by atoms with Crippen LogP contribution in [0.4, 0.5) is 5.69 Å². The number of likely N-dealkylation sites (N-methyl/N-ethyl adjacent to an activating group) is 1. The quantitative estimate of drug-likeness (QED) is 0.859. The molecule has 2 rings (SSSR count). The number of quaternary nitrogens is 1. The van der Waals surface area contributed by atoms with Gasteiger partial charge >= 0.3 is 0 Å². The van der Waals surface area contributed by atoms with Crippen LogP contribution in [-0.2, 0) is 11.3 Å². The molecule has 2 atom stereocenters. The largest absolute Gasteiger partial charge is 0.323 e. The average Bonchev–Trinajstić information content (AvgIpc) is 2.83. The maximum absolute atomic E-state index is 12.3. The van der Waals surface area contributed by atoms with Crippen LogP contribution in [0.25, 0.3) is 0 Å². The summed E-state index contributed by atoms with van der Waals surface area (Å²) in [5, 5.41) is 3.49. The van der Waals surface area contributed by atoms with Crippen LogP contribution in [0.5, 0.6) is 0 Å². The molecule has 1 heterocycles. The van der Waals surface area contributed by atoms with Gasteiger partial charge in [0.05, 0.1) is 16.3 Å². The highest BCUT2D eigenvalue weighted by Crippen LogP contribution is 2.20. The van der Waals surface area contributed by atoms with E-state index < -0.39 is 0 Å². The molecule has 0 bridgehead atoms. The Bertz CT molecular complexity index is 630. The van der Waals surface area contributed by atoms with Gasteiger partial charge in [0.1, 0.15) is 6.54 Å². The van der Waals surface area contributed by atoms with Gasteiger partial charge in [-0.2, -0.15) is 0 Å². The fourth-order valence-corrected chi connectivity index (χ4v) is 3.29. The summed E-state index contributed by atoms with van der Waals surface area (Å²) < 4.78 is 0.772. The molecule has 0 aliphatic heterocycles. The molecule has 0 spiro atoms. The van der Waals surface area contributed by atoms with E-state index in [4.69, 9.17) is 23.2 Å². The monoisotopic (exact) mass is 343 g/mol. The molecule has 0 radical (unpaired) electrons. The number of rotatable bonds is 5. The average molecular weight is 344 g/mol. The normalized spacial score (nSPS) is 13.7. The van der Waals surface area contributed by atoms with E-state index in [9.17, 15) is 4.79 Å². The zero-order chi connectivity index (χ0) is 15.4. The third kappa shape index (κ3) is 4.71. The summed E-state index contributed by atoms with van der Waals surface area (Å²) in [7, 11) is 2.00. The molecule has 3 nitrogen and oxygen atoms in total. The molecular weight excluding hydrogens is 327 g/mol. The Morgan fingerprint density at radius 1 is 1.33 bits per heavy atom. The lowest BCUT2D eigenvalue weighted by Gasteiger charge is -2.20. The highest BCUT2D eigenvalue weighted by Gasteiger charge is 2.22. The minimum absolute atomic E-state index is 0.0302. The maximum atomic E-state index is 12.3. The molecule has 2 aromatic rings. The van der Waals surface area contributed by atoms with Crippen LogP contribution in [-0.4, -0.2) is 19.0 Å². The second-order valence-corrected chi connectivity index (χ2v) is 7.19. The molecule has 2 N–H and O–H groups in total. The second-order valence-electron chi connectivity index (χ2n) is 4.95. The van der Waals surface area contributed by atoms with Gasteiger partial charge in [-0.1, -0.05) is 29.3 Å². The Kier molecular flexibility index (Phi) is 5.65. The summed E-state index contributed by atoms with van der Waals surface area (Å²) >= 11 is 13.4. The Labute approximate surface area is 138 Å². The fourth-order valence-electron chi connectivity index (χ4n) is 1.92. The molecule has 0 saturated heterocycles. The minimum atomic E-state index is -0.176. The van der Waals surface area contributed by atoms with Gasteiger partial charge in [-0.15, -0.1) is 11.3 Å². The highest BCUT2D eigenvalue weighted by molar-refractivity contribution is 7.16. The number of thiophene rings is 1. The van der Waals surface area contributed by atoms with E-state index in [2.05, 4.69) is 5.32 Å². The van der Waals surface area contributed by atoms with E-state index in [1.807, 2.05) is 38.2 Å². The number of anilines is 1. The van der Waals surface area contributed by atoms with Crippen LogP contribution in [0.2, 0.25) is 9.36 Å². The van der Waals surface area contributed by atoms with Gasteiger partial charge in [0.25, 0.3) is 5.91 Å². The van der Waals surface area contributed by atoms with E-state index in [-0.39, 0.29) is 11.9 Å². The van der Waals surface area contributed by atoms with Crippen LogP contribution >= 0.6 is 34.5 Å². The van der Waals surface area contributed by atoms with Crippen molar-refractivity contribution in [1.29, 1.82) is 0 Å². The first-order chi connectivity index (χ1) is 9.95. The Hall–Kier alpha value is -1.07. The number of carbonyl (C=O) groups is 1. The van der Waals surface area contributed by atoms with Crippen LogP contribution in [0.15, 0.2) is 36.4 Å². The third-order valence-corrected chi connectivity index (χ3v) is 4.77. The van der Waals surface area contributed by atoms with Gasteiger partial charge in [0, 0.05) is 10.7 Å². The van der Waals surface area contributed by atoms with E-state index in [0.717, 1.165) is 15.8 Å². The molecular formula is C15H17Cl2N2OS+. The standard InChI is InChI=1S/C15H16Cl2N2OS/c1-10(19(2)9-13-6-7-14(17)21-13)15(20)18-12-5-3-4-11(16)8-12/h3-8,10H,9H2,1-2H3,(H,18,20)/p+1/t10-/m0/s1. The topological polar surface area (TPSA) is 33.5 Å². The van der Waals surface area contributed by atoms with E-state index >= 15 is 0 Å². The smallest absolute Gasteiger partial charge is 0.282 e. The molecule has 1 aromatic heterocycles. The second kappa shape index (κ2) is 7.27. The number of carbonyl (C=O) groups excluding carboxylic acids is 1. The summed E-state index contributed by atoms with van der Waals surface area (Å²) in [6, 6.07) is 10.9. The molecule has 0 fully saturated rings. The van der Waals surface area contributed by atoms with Crippen molar-refractivity contribution in [2.24, 2.45) is 0 Å². The van der Waals surface area contributed by atoms with Crippen molar-refractivity contribution in [1.82, 2.24) is 0 Å². The Morgan fingerprint density at radius 3 is 2.71 bits per heavy atom. The molecule has 0 aliphatic carbocycles. The number of hydrogen-bond acceptors (Lipinski definition) is 2. The van der Waals surface area contributed by atoms with Crippen molar-refractivity contribution in [3.8, 4) is 0 Å². The lowest BCUT2D eigenvalue weighted by atomic mass is 10.2. The van der Waals surface area contributed by atoms with Crippen LogP contribution in [0.3, 0.4) is 0 Å². The van der Waals surface area contributed by atoms with Crippen molar-refractivity contribution in [3.05, 3.63) is 50.6 Å². The zero-order valence-electron chi connectivity index (χ0n) is 11.8. The molecule has 1 unspecified atom stereocenters. The lowest BCUT2D eigenvalue weighted by molar-refractivity contribution is -0.907. The summed E-state index contributed by atoms with van der Waals surface area (Å²) in [6.07, 6.45) is 0. The predicted octanol–water partition coefficient (Wildman–Crippen LogP) is 3.10. The van der Waals surface area contributed by atoms with Crippen LogP contribution < -0.4 is 10.2 Å². The summed E-state index contributed by atoms with van der Waals surface area (Å²) in [4.78, 5) is 14.5. The van der Waals surface area contributed by atoms with Crippen molar-refractivity contribution in [2.75, 3.05) is 12.4 Å². The van der Waals surface area contributed by atoms with Crippen molar-refractivity contribution in [3.63, 3.8) is 0 Å². The summed E-state index contributed by atoms with van der Waals surface area (Å²) in [5.41, 5.74) is 0.714. The summed E-state index contributed by atoms with van der Waals surface area (Å²) in [6.45, 7) is 2.67. The molecule has 1 amide bonds. The molecule has 0 saturated carbocycles. The van der Waals surface area contributed by atoms with Crippen LogP contribution in [0.1, 0.15) is 11.8 Å². The minimum Gasteiger partial charge on any atom is -0.323 e. The first kappa shape index (κ1) is 16.3. The molecule has 6 heteroatoms. The van der Waals surface area contributed by atoms with Gasteiger partial charge in [-0.25, -0.2) is 0 Å². The van der Waals surface area contributed by atoms with Gasteiger partial charge in [0.2, 0.25) is 0 Å². The number of nitrogens with one attached hydrogen (secondary N) is 2. The maximum Gasteiger partial charge on any atom is 0.282 e. The van der Waals surface area contributed by atoms with Crippen LogP contribution in [0, 0.1) is 0 Å². The molecule has 0 aliphatic rings. The number of benzene rings is 1. The number of amides is 1. The van der Waals surface area contributed by atoms with E-state index in [1.165, 1.54) is 4.88 Å². The van der Waals surface area contributed by atoms with E-state index in [0.29, 0.717) is 10.7 Å². The van der Waals surface area contributed by atoms with Gasteiger partial charge in [0.15, 0.2) is 6.04 Å². The lowest BCUT2D eigenvalue weighted by Crippen LogP contribution is -3.12. The van der Waals surface area contributed by atoms with Gasteiger partial charge < -0.3 is 10.2 Å². The predicted molar refractivity (Wildman–Crippen MR) is 89.5 cm³/mol. The Morgan fingerprint density at radius 2 is 2.10 bits per heavy atom. The van der Waals surface area contributed by atoms with Crippen molar-refractivity contribution in [2.45, 2.75) is 19.5 Å². The Balaban J connectivity index is 1.95. The van der Waals surface area contributed by atoms with E-state index in [1.54, 1.807) is 23.5 Å². The zero-order valence-corrected chi connectivity index (χ0v) is 14.1. The van der Waals surface area contributed by atoms with Crippen molar-refractivity contribution >= 4 is 46.1 Å². The van der Waals surface area contributed by atoms with Crippen molar-refractivity contribution < 1.29 is 9.69 Å². The first-order valence-corrected chi connectivity index (χ1v) is 8.16. The highest BCUT2D eigenvalue weighted by atomic mass is 35.5. The number of hydrogen-bond donors (Lipinski definition) is 2. The van der Waals surface area contributed by atoms with Gasteiger partial charge in [-0.05, 0) is 37.3 Å². The molecule has 1 aromatic carbocycles. The van der Waals surface area contributed by atoms with Gasteiger partial charge in [-0.3, -0.25) is 4.79 Å². The third-order valence-electron chi connectivity index (χ3n) is 3.31. The molecule has 21 heavy (non-hydrogen) atoms.